The van der Waals surface area contributed by atoms with E-state index in [1.165, 1.54) is 19.1 Å². The van der Waals surface area contributed by atoms with E-state index in [9.17, 15) is 18.8 Å². The van der Waals surface area contributed by atoms with Gasteiger partial charge in [0.1, 0.15) is 10.8 Å². The molecule has 1 unspecified atom stereocenters. The summed E-state index contributed by atoms with van der Waals surface area (Å²) in [6.45, 7) is 1.31. The molecular formula is C15H12ClFN2O4S. The zero-order valence-electron chi connectivity index (χ0n) is 12.3. The standard InChI is InChI=1S/C15H12ClFN2O4S/c1-7(13(21)19-14-9(12(18)20)4-5-24-14)23-15(22)10-6-8(16)2-3-11(10)17/h2-7H,1H3,(H2,18,20)(H,19,21). The van der Waals surface area contributed by atoms with Crippen molar-refractivity contribution in [3.05, 3.63) is 51.6 Å². The van der Waals surface area contributed by atoms with Crippen molar-refractivity contribution < 1.29 is 23.5 Å². The number of thiophene rings is 1. The Bertz CT molecular complexity index is 809. The topological polar surface area (TPSA) is 98.5 Å². The number of primary amides is 1. The Balaban J connectivity index is 2.06. The number of nitrogens with two attached hydrogens (primary N) is 1. The Morgan fingerprint density at radius 1 is 1.29 bits per heavy atom. The van der Waals surface area contributed by atoms with E-state index < -0.39 is 29.7 Å². The molecule has 1 heterocycles. The van der Waals surface area contributed by atoms with Gasteiger partial charge < -0.3 is 15.8 Å². The second kappa shape index (κ2) is 7.41. The number of halogens is 2. The summed E-state index contributed by atoms with van der Waals surface area (Å²) in [5.74, 6) is -3.22. The quantitative estimate of drug-likeness (QED) is 0.790. The van der Waals surface area contributed by atoms with Crippen molar-refractivity contribution >= 4 is 45.7 Å². The minimum absolute atomic E-state index is 0.146. The predicted molar refractivity (Wildman–Crippen MR) is 87.8 cm³/mol. The Morgan fingerprint density at radius 2 is 2.00 bits per heavy atom. The minimum atomic E-state index is -1.22. The average Bonchev–Trinajstić information content (AvgIpc) is 2.97. The first-order valence-electron chi connectivity index (χ1n) is 6.63. The maximum Gasteiger partial charge on any atom is 0.341 e. The molecule has 0 fully saturated rings. The van der Waals surface area contributed by atoms with Gasteiger partial charge in [0.05, 0.1) is 11.1 Å². The lowest BCUT2D eigenvalue weighted by Gasteiger charge is -2.13. The summed E-state index contributed by atoms with van der Waals surface area (Å²) >= 11 is 6.80. The van der Waals surface area contributed by atoms with E-state index in [0.29, 0.717) is 0 Å². The molecule has 0 bridgehead atoms. The summed E-state index contributed by atoms with van der Waals surface area (Å²) in [7, 11) is 0. The van der Waals surface area contributed by atoms with E-state index >= 15 is 0 Å². The monoisotopic (exact) mass is 370 g/mol. The van der Waals surface area contributed by atoms with Gasteiger partial charge in [-0.25, -0.2) is 9.18 Å². The van der Waals surface area contributed by atoms with Crippen molar-refractivity contribution in [2.75, 3.05) is 5.32 Å². The highest BCUT2D eigenvalue weighted by atomic mass is 35.5. The van der Waals surface area contributed by atoms with Crippen LogP contribution in [-0.2, 0) is 9.53 Å². The van der Waals surface area contributed by atoms with Crippen molar-refractivity contribution in [2.45, 2.75) is 13.0 Å². The smallest absolute Gasteiger partial charge is 0.341 e. The molecule has 24 heavy (non-hydrogen) atoms. The van der Waals surface area contributed by atoms with Crippen LogP contribution < -0.4 is 11.1 Å². The van der Waals surface area contributed by atoms with Crippen LogP contribution in [0.25, 0.3) is 0 Å². The van der Waals surface area contributed by atoms with Crippen LogP contribution in [0.5, 0.6) is 0 Å². The number of amides is 2. The number of anilines is 1. The minimum Gasteiger partial charge on any atom is -0.449 e. The molecule has 9 heteroatoms. The first-order valence-corrected chi connectivity index (χ1v) is 7.89. The van der Waals surface area contributed by atoms with Gasteiger partial charge in [0, 0.05) is 5.02 Å². The van der Waals surface area contributed by atoms with Crippen molar-refractivity contribution in [1.82, 2.24) is 0 Å². The van der Waals surface area contributed by atoms with Crippen LogP contribution in [0.15, 0.2) is 29.6 Å². The Morgan fingerprint density at radius 3 is 2.67 bits per heavy atom. The van der Waals surface area contributed by atoms with Crippen LogP contribution in [0, 0.1) is 5.82 Å². The lowest BCUT2D eigenvalue weighted by Crippen LogP contribution is -2.30. The SMILES string of the molecule is CC(OC(=O)c1cc(Cl)ccc1F)C(=O)Nc1sccc1C(N)=O. The van der Waals surface area contributed by atoms with Gasteiger partial charge in [-0.2, -0.15) is 0 Å². The van der Waals surface area contributed by atoms with Gasteiger partial charge in [0.2, 0.25) is 0 Å². The molecule has 0 radical (unpaired) electrons. The molecule has 1 atom stereocenters. The van der Waals surface area contributed by atoms with E-state index in [2.05, 4.69) is 5.32 Å². The van der Waals surface area contributed by atoms with Gasteiger partial charge >= 0.3 is 5.97 Å². The summed E-state index contributed by atoms with van der Waals surface area (Å²) in [6, 6.07) is 4.87. The molecule has 0 saturated heterocycles. The van der Waals surface area contributed by atoms with Gasteiger partial charge in [-0.1, -0.05) is 11.6 Å². The number of carbonyl (C=O) groups is 3. The summed E-state index contributed by atoms with van der Waals surface area (Å²) < 4.78 is 18.5. The molecule has 126 valence electrons. The maximum atomic E-state index is 13.6. The first kappa shape index (κ1) is 17.9. The van der Waals surface area contributed by atoms with Gasteiger partial charge in [0.15, 0.2) is 6.10 Å². The predicted octanol–water partition coefficient (Wildman–Crippen LogP) is 2.82. The van der Waals surface area contributed by atoms with Crippen LogP contribution in [0.4, 0.5) is 9.39 Å². The number of esters is 1. The molecule has 3 N–H and O–H groups in total. The fourth-order valence-corrected chi connectivity index (χ4v) is 2.71. The van der Waals surface area contributed by atoms with Crippen LogP contribution in [0.2, 0.25) is 5.02 Å². The third-order valence-corrected chi connectivity index (χ3v) is 4.03. The third kappa shape index (κ3) is 4.09. The zero-order chi connectivity index (χ0) is 17.9. The van der Waals surface area contributed by atoms with Crippen LogP contribution >= 0.6 is 22.9 Å². The van der Waals surface area contributed by atoms with Crippen molar-refractivity contribution in [3.63, 3.8) is 0 Å². The molecule has 0 aliphatic carbocycles. The average molecular weight is 371 g/mol. The first-order chi connectivity index (χ1) is 11.3. The molecule has 0 saturated carbocycles. The highest BCUT2D eigenvalue weighted by molar-refractivity contribution is 7.14. The number of hydrogen-bond donors (Lipinski definition) is 2. The zero-order valence-corrected chi connectivity index (χ0v) is 13.9. The fraction of sp³-hybridized carbons (Fsp3) is 0.133. The van der Waals surface area contributed by atoms with Gasteiger partial charge in [0.25, 0.3) is 11.8 Å². The highest BCUT2D eigenvalue weighted by Gasteiger charge is 2.23. The summed E-state index contributed by atoms with van der Waals surface area (Å²) in [4.78, 5) is 35.2. The van der Waals surface area contributed by atoms with Crippen molar-refractivity contribution in [3.8, 4) is 0 Å². The van der Waals surface area contributed by atoms with Crippen molar-refractivity contribution in [1.29, 1.82) is 0 Å². The summed E-state index contributed by atoms with van der Waals surface area (Å²) in [5.41, 5.74) is 4.94. The molecule has 0 aliphatic rings. The second-order valence-corrected chi connectivity index (χ2v) is 6.04. The number of ether oxygens (including phenoxy) is 1. The maximum absolute atomic E-state index is 13.6. The molecule has 2 amide bonds. The Kier molecular flexibility index (Phi) is 5.53. The van der Waals surface area contributed by atoms with Crippen LogP contribution in [-0.4, -0.2) is 23.9 Å². The number of rotatable bonds is 5. The van der Waals surface area contributed by atoms with Crippen LogP contribution in [0.1, 0.15) is 27.6 Å². The van der Waals surface area contributed by atoms with E-state index in [-0.39, 0.29) is 21.2 Å². The molecule has 0 aliphatic heterocycles. The molecule has 1 aromatic carbocycles. The highest BCUT2D eigenvalue weighted by Crippen LogP contribution is 2.23. The number of hydrogen-bond acceptors (Lipinski definition) is 5. The molecule has 0 spiro atoms. The van der Waals surface area contributed by atoms with E-state index in [1.54, 1.807) is 5.38 Å². The fourth-order valence-electron chi connectivity index (χ4n) is 1.75. The van der Waals surface area contributed by atoms with Gasteiger partial charge in [-0.15, -0.1) is 11.3 Å². The Labute approximate surface area is 145 Å². The van der Waals surface area contributed by atoms with E-state index in [0.717, 1.165) is 23.5 Å². The summed E-state index contributed by atoms with van der Waals surface area (Å²) in [5, 5.41) is 4.41. The van der Waals surface area contributed by atoms with Crippen molar-refractivity contribution in [2.24, 2.45) is 5.73 Å². The molecule has 2 aromatic rings. The van der Waals surface area contributed by atoms with E-state index in [4.69, 9.17) is 22.1 Å². The largest absolute Gasteiger partial charge is 0.449 e. The molecule has 1 aromatic heterocycles. The third-order valence-electron chi connectivity index (χ3n) is 2.97. The Hall–Kier alpha value is -2.45. The number of benzene rings is 1. The normalized spacial score (nSPS) is 11.6. The van der Waals surface area contributed by atoms with Gasteiger partial charge in [-0.3, -0.25) is 9.59 Å². The number of carbonyl (C=O) groups excluding carboxylic acids is 3. The number of nitrogens with one attached hydrogen (secondary N) is 1. The second-order valence-electron chi connectivity index (χ2n) is 4.69. The molecule has 2 rings (SSSR count). The molecule has 6 nitrogen and oxygen atoms in total. The van der Waals surface area contributed by atoms with Gasteiger partial charge in [-0.05, 0) is 36.6 Å². The summed E-state index contributed by atoms with van der Waals surface area (Å²) in [6.07, 6.45) is -1.22. The lowest BCUT2D eigenvalue weighted by atomic mass is 10.2. The van der Waals surface area contributed by atoms with E-state index in [1.807, 2.05) is 0 Å². The lowest BCUT2D eigenvalue weighted by molar-refractivity contribution is -0.123. The molecular weight excluding hydrogens is 359 g/mol. The van der Waals surface area contributed by atoms with Crippen LogP contribution in [0.3, 0.4) is 0 Å².